The number of hydrogen-bond acceptors (Lipinski definition) is 6. The van der Waals surface area contributed by atoms with Crippen molar-refractivity contribution in [1.82, 2.24) is 15.5 Å². The lowest BCUT2D eigenvalue weighted by Gasteiger charge is -2.27. The summed E-state index contributed by atoms with van der Waals surface area (Å²) < 4.78 is 0. The van der Waals surface area contributed by atoms with Crippen LogP contribution in [0.4, 0.5) is 0 Å². The monoisotopic (exact) mass is 462 g/mol. The molecule has 0 saturated carbocycles. The maximum atomic E-state index is 12.8. The van der Waals surface area contributed by atoms with Gasteiger partial charge in [-0.1, -0.05) is 30.3 Å². The molecular formula is C22H30N4O7. The molecule has 4 unspecified atom stereocenters. The Morgan fingerprint density at radius 1 is 1.09 bits per heavy atom. The van der Waals surface area contributed by atoms with Crippen molar-refractivity contribution in [1.29, 1.82) is 0 Å². The number of nitrogens with zero attached hydrogens (tertiary/aromatic N) is 1. The lowest BCUT2D eigenvalue weighted by atomic mass is 10.0. The van der Waals surface area contributed by atoms with E-state index in [0.717, 1.165) is 5.56 Å². The van der Waals surface area contributed by atoms with Gasteiger partial charge in [0.25, 0.3) is 0 Å². The molecule has 1 aromatic carbocycles. The number of aliphatic carboxylic acids is 2. The van der Waals surface area contributed by atoms with Gasteiger partial charge >= 0.3 is 11.9 Å². The Hall–Kier alpha value is -3.47. The molecular weight excluding hydrogens is 432 g/mol. The molecule has 0 aromatic heterocycles. The van der Waals surface area contributed by atoms with Crippen molar-refractivity contribution >= 4 is 29.7 Å². The molecule has 0 radical (unpaired) electrons. The minimum absolute atomic E-state index is 0.201. The maximum Gasteiger partial charge on any atom is 0.326 e. The first-order valence-electron chi connectivity index (χ1n) is 10.8. The van der Waals surface area contributed by atoms with Crippen LogP contribution in [0.25, 0.3) is 0 Å². The average molecular weight is 463 g/mol. The van der Waals surface area contributed by atoms with Crippen molar-refractivity contribution in [2.24, 2.45) is 5.73 Å². The first-order chi connectivity index (χ1) is 15.6. The Labute approximate surface area is 191 Å². The zero-order valence-electron chi connectivity index (χ0n) is 18.4. The van der Waals surface area contributed by atoms with Crippen LogP contribution in [0.3, 0.4) is 0 Å². The predicted molar refractivity (Wildman–Crippen MR) is 117 cm³/mol. The summed E-state index contributed by atoms with van der Waals surface area (Å²) in [6.45, 7) is 1.68. The van der Waals surface area contributed by atoms with Gasteiger partial charge in [0.2, 0.25) is 17.7 Å². The molecule has 3 amide bonds. The van der Waals surface area contributed by atoms with Crippen LogP contribution in [0.15, 0.2) is 30.3 Å². The summed E-state index contributed by atoms with van der Waals surface area (Å²) in [4.78, 5) is 61.5. The highest BCUT2D eigenvalue weighted by molar-refractivity contribution is 5.94. The van der Waals surface area contributed by atoms with Gasteiger partial charge in [-0.05, 0) is 38.2 Å². The van der Waals surface area contributed by atoms with Gasteiger partial charge in [0.05, 0.1) is 6.04 Å². The van der Waals surface area contributed by atoms with Crippen molar-refractivity contribution < 1.29 is 34.2 Å². The highest BCUT2D eigenvalue weighted by Crippen LogP contribution is 2.18. The third kappa shape index (κ3) is 7.56. The van der Waals surface area contributed by atoms with E-state index in [9.17, 15) is 29.1 Å². The molecule has 11 nitrogen and oxygen atoms in total. The summed E-state index contributed by atoms with van der Waals surface area (Å²) >= 11 is 0. The van der Waals surface area contributed by atoms with Crippen LogP contribution in [0.1, 0.15) is 38.2 Å². The fraction of sp³-hybridized carbons (Fsp3) is 0.500. The normalized spacial score (nSPS) is 18.1. The number of carbonyl (C=O) groups excluding carboxylic acids is 3. The van der Waals surface area contributed by atoms with Gasteiger partial charge in [-0.2, -0.15) is 0 Å². The summed E-state index contributed by atoms with van der Waals surface area (Å²) in [5.41, 5.74) is 6.78. The Morgan fingerprint density at radius 2 is 1.76 bits per heavy atom. The minimum Gasteiger partial charge on any atom is -0.481 e. The van der Waals surface area contributed by atoms with Gasteiger partial charge < -0.3 is 31.5 Å². The Morgan fingerprint density at radius 3 is 2.36 bits per heavy atom. The second-order valence-corrected chi connectivity index (χ2v) is 8.05. The van der Waals surface area contributed by atoms with Crippen LogP contribution < -0.4 is 16.4 Å². The Kier molecular flexibility index (Phi) is 9.34. The zero-order valence-corrected chi connectivity index (χ0v) is 18.4. The molecule has 0 aliphatic carbocycles. The second-order valence-electron chi connectivity index (χ2n) is 8.05. The number of carboxylic acid groups (broad SMARTS) is 2. The topological polar surface area (TPSA) is 179 Å². The van der Waals surface area contributed by atoms with E-state index in [0.29, 0.717) is 12.8 Å². The van der Waals surface area contributed by atoms with Gasteiger partial charge in [0.1, 0.15) is 18.1 Å². The number of benzene rings is 1. The molecule has 1 aromatic rings. The molecule has 2 rings (SSSR count). The molecule has 1 fully saturated rings. The van der Waals surface area contributed by atoms with E-state index in [1.54, 1.807) is 24.3 Å². The fourth-order valence-corrected chi connectivity index (χ4v) is 3.69. The first-order valence-corrected chi connectivity index (χ1v) is 10.8. The number of nitrogens with one attached hydrogen (secondary N) is 2. The smallest absolute Gasteiger partial charge is 0.326 e. The second kappa shape index (κ2) is 12.0. The highest BCUT2D eigenvalue weighted by Gasteiger charge is 2.37. The summed E-state index contributed by atoms with van der Waals surface area (Å²) in [7, 11) is 0. The first kappa shape index (κ1) is 25.8. The maximum absolute atomic E-state index is 12.8. The average Bonchev–Trinajstić information content (AvgIpc) is 3.26. The minimum atomic E-state index is -1.22. The van der Waals surface area contributed by atoms with Crippen molar-refractivity contribution in [2.45, 2.75) is 63.2 Å². The number of likely N-dealkylation sites (tertiary alicyclic amines) is 1. The van der Waals surface area contributed by atoms with Crippen LogP contribution in [0.2, 0.25) is 0 Å². The van der Waals surface area contributed by atoms with E-state index in [4.69, 9.17) is 10.8 Å². The molecule has 1 saturated heterocycles. The molecule has 11 heteroatoms. The molecule has 0 bridgehead atoms. The molecule has 180 valence electrons. The van der Waals surface area contributed by atoms with Gasteiger partial charge in [-0.25, -0.2) is 4.79 Å². The van der Waals surface area contributed by atoms with Crippen molar-refractivity contribution in [3.8, 4) is 0 Å². The van der Waals surface area contributed by atoms with Crippen molar-refractivity contribution in [2.75, 3.05) is 6.54 Å². The van der Waals surface area contributed by atoms with Crippen molar-refractivity contribution in [3.05, 3.63) is 35.9 Å². The SMILES string of the molecule is CC(NC(=O)C(CCC(=O)O)NC(=O)C(N)Cc1ccccc1)C(=O)N1CCCC1C(=O)O. The molecule has 6 N–H and O–H groups in total. The van der Waals surface area contributed by atoms with Crippen LogP contribution >= 0.6 is 0 Å². The van der Waals surface area contributed by atoms with E-state index >= 15 is 0 Å². The molecule has 0 spiro atoms. The Bertz CT molecular complexity index is 877. The predicted octanol–water partition coefficient (Wildman–Crippen LogP) is -0.514. The molecule has 4 atom stereocenters. The number of amides is 3. The standard InChI is InChI=1S/C22H30N4O7/c1-13(21(31)26-11-5-8-17(26)22(32)33)24-20(30)16(9-10-18(27)28)25-19(29)15(23)12-14-6-3-2-4-7-14/h2-4,6-7,13,15-17H,5,8-12,23H2,1H3,(H,24,30)(H,25,29)(H,27,28)(H,32,33). The quantitative estimate of drug-likeness (QED) is 0.291. The van der Waals surface area contributed by atoms with Gasteiger partial charge in [0, 0.05) is 13.0 Å². The van der Waals surface area contributed by atoms with Crippen LogP contribution in [-0.4, -0.2) is 75.5 Å². The van der Waals surface area contributed by atoms with Crippen LogP contribution in [-0.2, 0) is 30.4 Å². The van der Waals surface area contributed by atoms with E-state index in [1.807, 2.05) is 6.07 Å². The molecule has 1 aliphatic heterocycles. The highest BCUT2D eigenvalue weighted by atomic mass is 16.4. The molecule has 1 aliphatic rings. The van der Waals surface area contributed by atoms with Crippen LogP contribution in [0, 0.1) is 0 Å². The largest absolute Gasteiger partial charge is 0.481 e. The summed E-state index contributed by atoms with van der Waals surface area (Å²) in [5, 5.41) is 23.2. The summed E-state index contributed by atoms with van der Waals surface area (Å²) in [5.74, 6) is -4.20. The number of carboxylic acids is 2. The third-order valence-corrected chi connectivity index (χ3v) is 5.47. The number of rotatable bonds is 11. The van der Waals surface area contributed by atoms with Gasteiger partial charge in [-0.3, -0.25) is 19.2 Å². The number of carbonyl (C=O) groups is 5. The Balaban J connectivity index is 2.02. The van der Waals surface area contributed by atoms with Gasteiger partial charge in [-0.15, -0.1) is 0 Å². The summed E-state index contributed by atoms with van der Waals surface area (Å²) in [6.07, 6.45) is 0.508. The van der Waals surface area contributed by atoms with E-state index in [2.05, 4.69) is 10.6 Å². The van der Waals surface area contributed by atoms with Crippen LogP contribution in [0.5, 0.6) is 0 Å². The lowest BCUT2D eigenvalue weighted by molar-refractivity contribution is -0.149. The molecule has 1 heterocycles. The lowest BCUT2D eigenvalue weighted by Crippen LogP contribution is -2.56. The number of hydrogen-bond donors (Lipinski definition) is 5. The van der Waals surface area contributed by atoms with Gasteiger partial charge in [0.15, 0.2) is 0 Å². The fourth-order valence-electron chi connectivity index (χ4n) is 3.69. The number of nitrogens with two attached hydrogens (primary N) is 1. The molecule has 33 heavy (non-hydrogen) atoms. The zero-order chi connectivity index (χ0) is 24.5. The third-order valence-electron chi connectivity index (χ3n) is 5.47. The van der Waals surface area contributed by atoms with Crippen molar-refractivity contribution in [3.63, 3.8) is 0 Å². The van der Waals surface area contributed by atoms with E-state index < -0.39 is 53.8 Å². The van der Waals surface area contributed by atoms with E-state index in [-0.39, 0.29) is 25.8 Å². The summed E-state index contributed by atoms with van der Waals surface area (Å²) in [6, 6.07) is 4.84. The van der Waals surface area contributed by atoms with E-state index in [1.165, 1.54) is 11.8 Å².